The van der Waals surface area contributed by atoms with Crippen LogP contribution in [0.2, 0.25) is 10.2 Å². The molecule has 1 atom stereocenters. The smallest absolute Gasteiger partial charge is 0.270 e. The van der Waals surface area contributed by atoms with Gasteiger partial charge >= 0.3 is 0 Å². The van der Waals surface area contributed by atoms with Crippen molar-refractivity contribution in [2.24, 2.45) is 12.5 Å². The van der Waals surface area contributed by atoms with E-state index in [-0.39, 0.29) is 24.0 Å². The van der Waals surface area contributed by atoms with Crippen LogP contribution in [-0.2, 0) is 7.05 Å². The molecule has 4 nitrogen and oxygen atoms in total. The molecule has 0 spiro atoms. The van der Waals surface area contributed by atoms with Gasteiger partial charge < -0.3 is 14.6 Å². The summed E-state index contributed by atoms with van der Waals surface area (Å²) < 4.78 is 1.54. The van der Waals surface area contributed by atoms with Crippen molar-refractivity contribution in [2.45, 2.75) is 26.8 Å². The molecule has 0 aliphatic heterocycles. The van der Waals surface area contributed by atoms with Crippen molar-refractivity contribution in [3.05, 3.63) is 21.9 Å². The maximum atomic E-state index is 12.5. The third-order valence-corrected chi connectivity index (χ3v) is 4.14. The highest BCUT2D eigenvalue weighted by Crippen LogP contribution is 2.28. The number of hydrogen-bond acceptors (Lipinski definition) is 2. The van der Waals surface area contributed by atoms with Crippen LogP contribution in [0, 0.1) is 5.41 Å². The Morgan fingerprint density at radius 3 is 2.32 bits per heavy atom. The van der Waals surface area contributed by atoms with Crippen LogP contribution in [-0.4, -0.2) is 40.2 Å². The zero-order valence-electron chi connectivity index (χ0n) is 11.9. The van der Waals surface area contributed by atoms with Crippen molar-refractivity contribution in [2.75, 3.05) is 13.7 Å². The third-order valence-electron chi connectivity index (χ3n) is 3.30. The van der Waals surface area contributed by atoms with E-state index in [1.807, 2.05) is 20.8 Å². The van der Waals surface area contributed by atoms with Gasteiger partial charge in [-0.15, -0.1) is 0 Å². The lowest BCUT2D eigenvalue weighted by atomic mass is 9.86. The van der Waals surface area contributed by atoms with Crippen LogP contribution in [0.1, 0.15) is 31.3 Å². The van der Waals surface area contributed by atoms with Gasteiger partial charge in [0.05, 0.1) is 17.7 Å². The van der Waals surface area contributed by atoms with Crippen LogP contribution in [0.25, 0.3) is 0 Å². The van der Waals surface area contributed by atoms with Gasteiger partial charge in [0.15, 0.2) is 0 Å². The predicted octanol–water partition coefficient (Wildman–Crippen LogP) is 2.81. The van der Waals surface area contributed by atoms with Crippen molar-refractivity contribution >= 4 is 29.1 Å². The van der Waals surface area contributed by atoms with E-state index in [1.165, 1.54) is 4.90 Å². The van der Waals surface area contributed by atoms with E-state index in [0.717, 1.165) is 0 Å². The summed E-state index contributed by atoms with van der Waals surface area (Å²) in [6.45, 7) is 5.82. The Kier molecular flexibility index (Phi) is 4.93. The lowest BCUT2D eigenvalue weighted by Gasteiger charge is -2.36. The van der Waals surface area contributed by atoms with Gasteiger partial charge in [0.1, 0.15) is 10.8 Å². The molecule has 19 heavy (non-hydrogen) atoms. The molecule has 0 saturated carbocycles. The van der Waals surface area contributed by atoms with Crippen LogP contribution in [0.5, 0.6) is 0 Å². The Morgan fingerprint density at radius 1 is 1.47 bits per heavy atom. The summed E-state index contributed by atoms with van der Waals surface area (Å²) >= 11 is 11.9. The van der Waals surface area contributed by atoms with E-state index in [0.29, 0.717) is 15.9 Å². The summed E-state index contributed by atoms with van der Waals surface area (Å²) in [5.74, 6) is -0.217. The molecule has 0 unspecified atom stereocenters. The van der Waals surface area contributed by atoms with Gasteiger partial charge in [-0.3, -0.25) is 4.79 Å². The zero-order valence-corrected chi connectivity index (χ0v) is 13.4. The molecule has 108 valence electrons. The van der Waals surface area contributed by atoms with E-state index in [4.69, 9.17) is 23.2 Å². The Morgan fingerprint density at radius 2 is 2.00 bits per heavy atom. The van der Waals surface area contributed by atoms with E-state index < -0.39 is 0 Å². The van der Waals surface area contributed by atoms with Crippen LogP contribution in [0.4, 0.5) is 0 Å². The highest BCUT2D eigenvalue weighted by Gasteiger charge is 2.32. The van der Waals surface area contributed by atoms with Crippen molar-refractivity contribution in [1.29, 1.82) is 0 Å². The molecule has 0 aliphatic carbocycles. The number of rotatable bonds is 3. The number of nitrogens with zero attached hydrogens (tertiary/aromatic N) is 2. The van der Waals surface area contributed by atoms with Crippen molar-refractivity contribution < 1.29 is 9.90 Å². The van der Waals surface area contributed by atoms with Gasteiger partial charge in [0.2, 0.25) is 0 Å². The summed E-state index contributed by atoms with van der Waals surface area (Å²) in [5, 5.41) is 10.2. The summed E-state index contributed by atoms with van der Waals surface area (Å²) in [6, 6.07) is 1.26. The zero-order chi connectivity index (χ0) is 15.0. The second-order valence-electron chi connectivity index (χ2n) is 5.71. The predicted molar refractivity (Wildman–Crippen MR) is 77.9 cm³/mol. The summed E-state index contributed by atoms with van der Waals surface area (Å²) in [6.07, 6.45) is 0. The van der Waals surface area contributed by atoms with Gasteiger partial charge in [-0.25, -0.2) is 0 Å². The quantitative estimate of drug-likeness (QED) is 0.933. The van der Waals surface area contributed by atoms with Gasteiger partial charge in [-0.05, 0) is 11.5 Å². The first-order valence-corrected chi connectivity index (χ1v) is 6.75. The minimum absolute atomic E-state index is 0.0996. The number of hydrogen-bond donors (Lipinski definition) is 1. The van der Waals surface area contributed by atoms with Crippen molar-refractivity contribution in [3.63, 3.8) is 0 Å². The fourth-order valence-corrected chi connectivity index (χ4v) is 2.42. The number of aliphatic hydroxyl groups excluding tert-OH is 1. The van der Waals surface area contributed by atoms with Gasteiger partial charge in [0.25, 0.3) is 5.91 Å². The molecule has 0 radical (unpaired) electrons. The minimum atomic E-state index is -0.285. The van der Waals surface area contributed by atoms with Gasteiger partial charge in [0, 0.05) is 14.1 Å². The number of likely N-dealkylation sites (N-methyl/N-ethyl adjacent to an activating group) is 1. The standard InChI is InChI=1S/C13H20Cl2N2O2/c1-13(2,3)10(7-18)17(5)12(19)9-6-8(14)11(15)16(9)4/h6,10,18H,7H2,1-5H3/t10-/m0/s1. The molecule has 1 aromatic heterocycles. The maximum absolute atomic E-state index is 12.5. The average Bonchev–Trinajstić information content (AvgIpc) is 2.55. The van der Waals surface area contributed by atoms with E-state index in [1.54, 1.807) is 24.7 Å². The van der Waals surface area contributed by atoms with E-state index in [9.17, 15) is 9.90 Å². The summed E-state index contributed by atoms with van der Waals surface area (Å²) in [5.41, 5.74) is 0.179. The first-order chi connectivity index (χ1) is 8.61. The molecule has 1 rings (SSSR count). The minimum Gasteiger partial charge on any atom is -0.394 e. The topological polar surface area (TPSA) is 45.5 Å². The lowest BCUT2D eigenvalue weighted by molar-refractivity contribution is 0.0425. The van der Waals surface area contributed by atoms with Crippen LogP contribution in [0.3, 0.4) is 0 Å². The SMILES string of the molecule is CN(C(=O)c1cc(Cl)c(Cl)n1C)[C@@H](CO)C(C)(C)C. The molecule has 6 heteroatoms. The largest absolute Gasteiger partial charge is 0.394 e. The van der Waals surface area contributed by atoms with Crippen molar-refractivity contribution in [1.82, 2.24) is 9.47 Å². The van der Waals surface area contributed by atoms with Crippen molar-refractivity contribution in [3.8, 4) is 0 Å². The Balaban J connectivity index is 3.09. The lowest BCUT2D eigenvalue weighted by Crippen LogP contribution is -2.47. The van der Waals surface area contributed by atoms with Crippen LogP contribution >= 0.6 is 23.2 Å². The molecule has 0 fully saturated rings. The first-order valence-electron chi connectivity index (χ1n) is 6.00. The number of aromatic nitrogens is 1. The summed E-state index contributed by atoms with van der Waals surface area (Å²) in [4.78, 5) is 14.0. The van der Waals surface area contributed by atoms with Crippen LogP contribution in [0.15, 0.2) is 6.07 Å². The molecule has 1 heterocycles. The monoisotopic (exact) mass is 306 g/mol. The Hall–Kier alpha value is -0.710. The molecule has 0 aliphatic rings. The molecule has 1 aromatic rings. The van der Waals surface area contributed by atoms with Gasteiger partial charge in [-0.1, -0.05) is 44.0 Å². The molecule has 0 aromatic carbocycles. The highest BCUT2D eigenvalue weighted by molar-refractivity contribution is 6.41. The normalized spacial score (nSPS) is 13.5. The molecule has 0 saturated heterocycles. The molecular formula is C13H20Cl2N2O2. The van der Waals surface area contributed by atoms with E-state index >= 15 is 0 Å². The maximum Gasteiger partial charge on any atom is 0.270 e. The fourth-order valence-electron chi connectivity index (χ4n) is 2.05. The third kappa shape index (κ3) is 3.25. The number of aliphatic hydroxyl groups is 1. The average molecular weight is 307 g/mol. The fraction of sp³-hybridized carbons (Fsp3) is 0.615. The second-order valence-corrected chi connectivity index (χ2v) is 6.47. The first kappa shape index (κ1) is 16.3. The highest BCUT2D eigenvalue weighted by atomic mass is 35.5. The Bertz CT molecular complexity index is 478. The number of halogens is 2. The molecule has 1 amide bonds. The van der Waals surface area contributed by atoms with E-state index in [2.05, 4.69) is 0 Å². The molecule has 0 bridgehead atoms. The number of carbonyl (C=O) groups is 1. The molecule has 1 N–H and O–H groups in total. The van der Waals surface area contributed by atoms with Crippen LogP contribution < -0.4 is 0 Å². The molecular weight excluding hydrogens is 287 g/mol. The van der Waals surface area contributed by atoms with Gasteiger partial charge in [-0.2, -0.15) is 0 Å². The number of amides is 1. The second kappa shape index (κ2) is 5.73. The Labute approximate surface area is 123 Å². The number of carbonyl (C=O) groups excluding carboxylic acids is 1. The summed E-state index contributed by atoms with van der Waals surface area (Å²) in [7, 11) is 3.35.